The number of rotatable bonds is 8. The summed E-state index contributed by atoms with van der Waals surface area (Å²) in [5.41, 5.74) is 0.738. The highest BCUT2D eigenvalue weighted by Gasteiger charge is 2.26. The smallest absolute Gasteiger partial charge is 0.227 e. The SMILES string of the molecule is CCNC(=NCC(C)(C)C(=O)NC)NCCCn1ccc2ccccc21. The first-order valence-corrected chi connectivity index (χ1v) is 9.26. The number of amides is 1. The number of carbonyl (C=O) groups excluding carboxylic acids is 1. The van der Waals surface area contributed by atoms with Crippen molar-refractivity contribution < 1.29 is 4.79 Å². The molecule has 0 spiro atoms. The Kier molecular flexibility index (Phi) is 7.06. The van der Waals surface area contributed by atoms with Gasteiger partial charge >= 0.3 is 0 Å². The molecule has 0 unspecified atom stereocenters. The van der Waals surface area contributed by atoms with E-state index in [-0.39, 0.29) is 5.91 Å². The largest absolute Gasteiger partial charge is 0.359 e. The zero-order chi connectivity index (χ0) is 19.0. The Balaban J connectivity index is 1.86. The highest BCUT2D eigenvalue weighted by molar-refractivity contribution is 5.83. The predicted octanol–water partition coefficient (Wildman–Crippen LogP) is 2.36. The second-order valence-corrected chi connectivity index (χ2v) is 7.01. The molecular formula is C20H31N5O. The van der Waals surface area contributed by atoms with E-state index >= 15 is 0 Å². The second kappa shape index (κ2) is 9.27. The van der Waals surface area contributed by atoms with Crippen molar-refractivity contribution in [1.29, 1.82) is 0 Å². The predicted molar refractivity (Wildman–Crippen MR) is 108 cm³/mol. The van der Waals surface area contributed by atoms with Crippen LogP contribution in [0.15, 0.2) is 41.5 Å². The second-order valence-electron chi connectivity index (χ2n) is 7.01. The first-order valence-electron chi connectivity index (χ1n) is 9.26. The summed E-state index contributed by atoms with van der Waals surface area (Å²) < 4.78 is 2.27. The first kappa shape index (κ1) is 19.8. The molecule has 1 aromatic carbocycles. The van der Waals surface area contributed by atoms with Gasteiger partial charge in [-0.2, -0.15) is 0 Å². The number of benzene rings is 1. The van der Waals surface area contributed by atoms with Crippen LogP contribution in [0.25, 0.3) is 10.9 Å². The first-order chi connectivity index (χ1) is 12.5. The van der Waals surface area contributed by atoms with E-state index < -0.39 is 5.41 Å². The normalized spacial score (nSPS) is 12.2. The molecule has 1 amide bonds. The molecule has 2 rings (SSSR count). The monoisotopic (exact) mass is 357 g/mol. The highest BCUT2D eigenvalue weighted by atomic mass is 16.2. The van der Waals surface area contributed by atoms with Crippen LogP contribution >= 0.6 is 0 Å². The van der Waals surface area contributed by atoms with E-state index in [1.807, 2.05) is 20.8 Å². The molecule has 0 saturated heterocycles. The molecule has 0 saturated carbocycles. The van der Waals surface area contributed by atoms with Gasteiger partial charge in [-0.05, 0) is 44.7 Å². The Labute approximate surface area is 156 Å². The molecule has 2 aromatic rings. The van der Waals surface area contributed by atoms with Gasteiger partial charge in [0.25, 0.3) is 0 Å². The summed E-state index contributed by atoms with van der Waals surface area (Å²) in [6.07, 6.45) is 3.12. The molecule has 0 aliphatic heterocycles. The number of nitrogens with zero attached hydrogens (tertiary/aromatic N) is 2. The van der Waals surface area contributed by atoms with E-state index in [1.165, 1.54) is 10.9 Å². The van der Waals surface area contributed by atoms with Gasteiger partial charge in [0.15, 0.2) is 5.96 Å². The van der Waals surface area contributed by atoms with Crippen LogP contribution in [-0.4, -0.2) is 43.1 Å². The van der Waals surface area contributed by atoms with Crippen LogP contribution in [0.4, 0.5) is 0 Å². The Morgan fingerprint density at radius 2 is 1.96 bits per heavy atom. The van der Waals surface area contributed by atoms with Crippen molar-refractivity contribution in [2.24, 2.45) is 10.4 Å². The minimum absolute atomic E-state index is 0.00316. The Morgan fingerprint density at radius 3 is 2.69 bits per heavy atom. The number of nitrogens with one attached hydrogen (secondary N) is 3. The van der Waals surface area contributed by atoms with E-state index in [1.54, 1.807) is 7.05 Å². The van der Waals surface area contributed by atoms with Crippen molar-refractivity contribution >= 4 is 22.8 Å². The molecule has 1 heterocycles. The summed E-state index contributed by atoms with van der Waals surface area (Å²) in [5, 5.41) is 10.6. The molecule has 0 aliphatic rings. The van der Waals surface area contributed by atoms with Crippen molar-refractivity contribution in [3.05, 3.63) is 36.5 Å². The molecule has 1 aromatic heterocycles. The third-order valence-corrected chi connectivity index (χ3v) is 4.37. The van der Waals surface area contributed by atoms with Crippen molar-refractivity contribution in [3.63, 3.8) is 0 Å². The molecule has 6 heteroatoms. The standard InChI is InChI=1S/C20H31N5O/c1-5-22-19(24-15-20(2,3)18(26)21-4)23-12-8-13-25-14-11-16-9-6-7-10-17(16)25/h6-7,9-11,14H,5,8,12-13,15H2,1-4H3,(H,21,26)(H2,22,23,24). The lowest BCUT2D eigenvalue weighted by Crippen LogP contribution is -2.41. The summed E-state index contributed by atoms with van der Waals surface area (Å²) >= 11 is 0. The molecule has 0 aliphatic carbocycles. The number of aromatic nitrogens is 1. The van der Waals surface area contributed by atoms with Crippen molar-refractivity contribution in [2.75, 3.05) is 26.7 Å². The zero-order valence-electron chi connectivity index (χ0n) is 16.3. The molecule has 0 fully saturated rings. The fourth-order valence-corrected chi connectivity index (χ4v) is 2.82. The van der Waals surface area contributed by atoms with Crippen LogP contribution < -0.4 is 16.0 Å². The van der Waals surface area contributed by atoms with E-state index in [2.05, 4.69) is 62.0 Å². The van der Waals surface area contributed by atoms with Gasteiger partial charge in [0.05, 0.1) is 12.0 Å². The van der Waals surface area contributed by atoms with Crippen LogP contribution in [0.2, 0.25) is 0 Å². The molecule has 26 heavy (non-hydrogen) atoms. The van der Waals surface area contributed by atoms with Gasteiger partial charge in [0.1, 0.15) is 0 Å². The number of para-hydroxylation sites is 1. The van der Waals surface area contributed by atoms with Gasteiger partial charge in [0.2, 0.25) is 5.91 Å². The fraction of sp³-hybridized carbons (Fsp3) is 0.500. The lowest BCUT2D eigenvalue weighted by Gasteiger charge is -2.21. The summed E-state index contributed by atoms with van der Waals surface area (Å²) in [7, 11) is 1.65. The summed E-state index contributed by atoms with van der Waals surface area (Å²) in [4.78, 5) is 16.4. The Bertz CT molecular complexity index is 747. The van der Waals surface area contributed by atoms with Gasteiger partial charge < -0.3 is 20.5 Å². The zero-order valence-corrected chi connectivity index (χ0v) is 16.3. The summed E-state index contributed by atoms with van der Waals surface area (Å²) in [6.45, 7) is 8.82. The average Bonchev–Trinajstić information content (AvgIpc) is 3.05. The van der Waals surface area contributed by atoms with Crippen LogP contribution in [0.3, 0.4) is 0 Å². The van der Waals surface area contributed by atoms with Gasteiger partial charge in [-0.1, -0.05) is 18.2 Å². The van der Waals surface area contributed by atoms with Gasteiger partial charge in [0, 0.05) is 38.4 Å². The van der Waals surface area contributed by atoms with Crippen LogP contribution in [-0.2, 0) is 11.3 Å². The van der Waals surface area contributed by atoms with E-state index in [9.17, 15) is 4.79 Å². The molecule has 142 valence electrons. The average molecular weight is 358 g/mol. The summed E-state index contributed by atoms with van der Waals surface area (Å²) in [5.74, 6) is 0.749. The lowest BCUT2D eigenvalue weighted by atomic mass is 9.93. The number of aliphatic imine (C=N–C) groups is 1. The minimum Gasteiger partial charge on any atom is -0.359 e. The van der Waals surface area contributed by atoms with E-state index in [0.717, 1.165) is 32.0 Å². The number of aryl methyl sites for hydroxylation is 1. The molecule has 0 bridgehead atoms. The maximum atomic E-state index is 11.9. The lowest BCUT2D eigenvalue weighted by molar-refractivity contribution is -0.128. The molecule has 0 radical (unpaired) electrons. The number of carbonyl (C=O) groups is 1. The number of hydrogen-bond acceptors (Lipinski definition) is 2. The van der Waals surface area contributed by atoms with E-state index in [0.29, 0.717) is 6.54 Å². The molecule has 3 N–H and O–H groups in total. The van der Waals surface area contributed by atoms with Crippen LogP contribution in [0, 0.1) is 5.41 Å². The quantitative estimate of drug-likeness (QED) is 0.386. The third kappa shape index (κ3) is 5.25. The molecular weight excluding hydrogens is 326 g/mol. The van der Waals surface area contributed by atoms with E-state index in [4.69, 9.17) is 0 Å². The van der Waals surface area contributed by atoms with Crippen LogP contribution in [0.5, 0.6) is 0 Å². The maximum absolute atomic E-state index is 11.9. The Hall–Kier alpha value is -2.50. The van der Waals surface area contributed by atoms with Gasteiger partial charge in [-0.3, -0.25) is 9.79 Å². The van der Waals surface area contributed by atoms with Gasteiger partial charge in [-0.15, -0.1) is 0 Å². The highest BCUT2D eigenvalue weighted by Crippen LogP contribution is 2.16. The van der Waals surface area contributed by atoms with Crippen molar-refractivity contribution in [1.82, 2.24) is 20.5 Å². The summed E-state index contributed by atoms with van der Waals surface area (Å²) in [6, 6.07) is 10.6. The number of fused-ring (bicyclic) bond motifs is 1. The van der Waals surface area contributed by atoms with Crippen molar-refractivity contribution in [3.8, 4) is 0 Å². The minimum atomic E-state index is -0.527. The molecule has 6 nitrogen and oxygen atoms in total. The third-order valence-electron chi connectivity index (χ3n) is 4.37. The fourth-order valence-electron chi connectivity index (χ4n) is 2.82. The maximum Gasteiger partial charge on any atom is 0.227 e. The van der Waals surface area contributed by atoms with Gasteiger partial charge in [-0.25, -0.2) is 0 Å². The topological polar surface area (TPSA) is 70.4 Å². The Morgan fingerprint density at radius 1 is 1.19 bits per heavy atom. The number of hydrogen-bond donors (Lipinski definition) is 3. The number of guanidine groups is 1. The van der Waals surface area contributed by atoms with Crippen LogP contribution in [0.1, 0.15) is 27.2 Å². The van der Waals surface area contributed by atoms with Crippen molar-refractivity contribution in [2.45, 2.75) is 33.7 Å². The molecule has 0 atom stereocenters.